The van der Waals surface area contributed by atoms with Crippen molar-refractivity contribution in [1.29, 1.82) is 0 Å². The Hall–Kier alpha value is -3.34. The van der Waals surface area contributed by atoms with Gasteiger partial charge in [0.25, 0.3) is 0 Å². The van der Waals surface area contributed by atoms with E-state index >= 15 is 0 Å². The zero-order chi connectivity index (χ0) is 52.7. The molecule has 12 heteroatoms. The second kappa shape index (κ2) is 53.9. The highest BCUT2D eigenvalue weighted by atomic mass is 31.2. The Bertz CT molecular complexity index is 1530. The molecule has 3 unspecified atom stereocenters. The van der Waals surface area contributed by atoms with E-state index in [1.165, 1.54) is 64.2 Å². The number of ether oxygens (including phenoxy) is 3. The van der Waals surface area contributed by atoms with Crippen LogP contribution in [-0.2, 0) is 42.2 Å². The molecule has 0 aliphatic heterocycles. The van der Waals surface area contributed by atoms with Crippen molar-refractivity contribution in [2.75, 3.05) is 26.4 Å². The van der Waals surface area contributed by atoms with Crippen LogP contribution in [0.25, 0.3) is 0 Å². The lowest BCUT2D eigenvalue weighted by molar-refractivity contribution is -0.161. The quantitative estimate of drug-likeness (QED) is 0.0197. The minimum Gasteiger partial charge on any atom is -0.462 e. The molecule has 0 radical (unpaired) electrons. The summed E-state index contributed by atoms with van der Waals surface area (Å²) in [6, 6.07) is 0. The molecule has 414 valence electrons. The molecule has 0 fully saturated rings. The Kier molecular flexibility index (Phi) is 51.4. The summed E-state index contributed by atoms with van der Waals surface area (Å²) in [6.07, 6.45) is 61.2. The van der Waals surface area contributed by atoms with Crippen molar-refractivity contribution in [3.63, 3.8) is 0 Å². The highest BCUT2D eigenvalue weighted by molar-refractivity contribution is 7.47. The Morgan fingerprint density at radius 1 is 0.403 bits per heavy atom. The van der Waals surface area contributed by atoms with Crippen LogP contribution < -0.4 is 0 Å². The van der Waals surface area contributed by atoms with Crippen LogP contribution in [-0.4, -0.2) is 66.5 Å². The first kappa shape index (κ1) is 68.7. The summed E-state index contributed by atoms with van der Waals surface area (Å²) in [6.45, 7) is 4.39. The van der Waals surface area contributed by atoms with Crippen molar-refractivity contribution in [2.45, 2.75) is 251 Å². The summed E-state index contributed by atoms with van der Waals surface area (Å²) in [5, 5.41) is 9.80. The van der Waals surface area contributed by atoms with E-state index in [0.717, 1.165) is 116 Å². The van der Waals surface area contributed by atoms with Gasteiger partial charge in [-0.2, -0.15) is 0 Å². The Balaban J connectivity index is 4.78. The number of aliphatic hydroxyl groups excluding tert-OH is 1. The first-order chi connectivity index (χ1) is 35.2. The first-order valence-electron chi connectivity index (χ1n) is 28.5. The van der Waals surface area contributed by atoms with Crippen molar-refractivity contribution in [3.05, 3.63) is 85.1 Å². The smallest absolute Gasteiger partial charge is 0.462 e. The monoisotopic (exact) mass is 1030 g/mol. The number of hydrogen-bond donors (Lipinski definition) is 2. The predicted octanol–water partition coefficient (Wildman–Crippen LogP) is 16.7. The number of phosphoric acid groups is 1. The molecule has 0 saturated carbocycles. The molecule has 0 aliphatic rings. The molecule has 0 aromatic heterocycles. The summed E-state index contributed by atoms with van der Waals surface area (Å²) >= 11 is 0. The third-order valence-corrected chi connectivity index (χ3v) is 12.7. The van der Waals surface area contributed by atoms with Gasteiger partial charge in [-0.3, -0.25) is 23.4 Å². The second-order valence-electron chi connectivity index (χ2n) is 18.7. The number of esters is 3. The summed E-state index contributed by atoms with van der Waals surface area (Å²) in [4.78, 5) is 48.5. The SMILES string of the molecule is CC/C=C\C/C=C\C/C=C\C/C=C\CCCCC(=O)OC(CO)COP(=O)(O)OCC(COC(=O)CCCCCCC/C=C\C/C=C\CCC)OC(=O)CCCCCCCCC/C=C\CCCCCCCC. The molecule has 0 aromatic rings. The van der Waals surface area contributed by atoms with Crippen LogP contribution in [0.2, 0.25) is 0 Å². The fourth-order valence-electron chi connectivity index (χ4n) is 7.44. The van der Waals surface area contributed by atoms with Gasteiger partial charge in [0.15, 0.2) is 6.10 Å². The van der Waals surface area contributed by atoms with Gasteiger partial charge in [0.2, 0.25) is 0 Å². The molecule has 0 amide bonds. The molecule has 0 bridgehead atoms. The maximum Gasteiger partial charge on any atom is 0.472 e. The van der Waals surface area contributed by atoms with E-state index in [-0.39, 0.29) is 25.9 Å². The van der Waals surface area contributed by atoms with E-state index < -0.39 is 57.8 Å². The molecule has 0 heterocycles. The van der Waals surface area contributed by atoms with E-state index in [9.17, 15) is 28.9 Å². The molecular weight excluding hydrogens is 928 g/mol. The number of carbonyl (C=O) groups excluding carboxylic acids is 3. The average Bonchev–Trinajstić information content (AvgIpc) is 3.37. The lowest BCUT2D eigenvalue weighted by Gasteiger charge is -2.21. The standard InChI is InChI=1S/C60H103O11P/c1-4-7-10-13-16-19-22-25-27-28-30-33-36-39-42-45-48-51-60(64)71-57(53-67-58(62)49-46-43-40-37-34-31-24-21-18-15-12-9-6-3)55-69-72(65,66)68-54-56(52-61)70-59(63)50-47-44-41-38-35-32-29-26-23-20-17-14-11-8-5-2/h8,11-12,15,17,20-21,24-27,29,35,38,56-57,61H,4-7,9-10,13-14,16,18-19,22-23,28,30-34,36-37,39-55H2,1-3H3,(H,65,66)/b11-8-,15-12-,20-17-,24-21-,27-25-,29-26-,38-35-. The minimum absolute atomic E-state index is 0.121. The second-order valence-corrected chi connectivity index (χ2v) is 20.2. The van der Waals surface area contributed by atoms with Gasteiger partial charge in [-0.1, -0.05) is 196 Å². The Labute approximate surface area is 439 Å². The third-order valence-electron chi connectivity index (χ3n) is 11.8. The van der Waals surface area contributed by atoms with Gasteiger partial charge < -0.3 is 24.2 Å². The maximum atomic E-state index is 12.9. The fraction of sp³-hybridized carbons (Fsp3) is 0.717. The molecule has 11 nitrogen and oxygen atoms in total. The fourth-order valence-corrected chi connectivity index (χ4v) is 8.22. The number of unbranched alkanes of at least 4 members (excludes halogenated alkanes) is 21. The van der Waals surface area contributed by atoms with E-state index in [0.29, 0.717) is 19.3 Å². The van der Waals surface area contributed by atoms with Crippen molar-refractivity contribution >= 4 is 25.7 Å². The van der Waals surface area contributed by atoms with Gasteiger partial charge in [0.1, 0.15) is 12.7 Å². The largest absolute Gasteiger partial charge is 0.472 e. The number of rotatable bonds is 52. The van der Waals surface area contributed by atoms with Gasteiger partial charge in [0, 0.05) is 19.3 Å². The average molecular weight is 1030 g/mol. The van der Waals surface area contributed by atoms with Gasteiger partial charge in [-0.15, -0.1) is 0 Å². The van der Waals surface area contributed by atoms with Crippen LogP contribution in [0.5, 0.6) is 0 Å². The Morgan fingerprint density at radius 2 is 0.750 bits per heavy atom. The number of aliphatic hydroxyl groups is 1. The van der Waals surface area contributed by atoms with Crippen LogP contribution in [0.4, 0.5) is 0 Å². The van der Waals surface area contributed by atoms with Crippen molar-refractivity contribution in [1.82, 2.24) is 0 Å². The first-order valence-corrected chi connectivity index (χ1v) is 30.0. The van der Waals surface area contributed by atoms with Crippen molar-refractivity contribution in [2.24, 2.45) is 0 Å². The normalized spacial score (nSPS) is 14.0. The predicted molar refractivity (Wildman–Crippen MR) is 298 cm³/mol. The zero-order valence-corrected chi connectivity index (χ0v) is 46.5. The van der Waals surface area contributed by atoms with Gasteiger partial charge in [0.05, 0.1) is 19.8 Å². The number of hydrogen-bond acceptors (Lipinski definition) is 10. The van der Waals surface area contributed by atoms with Crippen LogP contribution >= 0.6 is 7.82 Å². The van der Waals surface area contributed by atoms with Crippen molar-refractivity contribution in [3.8, 4) is 0 Å². The molecule has 0 rings (SSSR count). The van der Waals surface area contributed by atoms with Gasteiger partial charge in [-0.05, 0) is 109 Å². The Morgan fingerprint density at radius 3 is 1.21 bits per heavy atom. The van der Waals surface area contributed by atoms with Crippen LogP contribution in [0.1, 0.15) is 239 Å². The summed E-state index contributed by atoms with van der Waals surface area (Å²) < 4.78 is 39.4. The summed E-state index contributed by atoms with van der Waals surface area (Å²) in [7, 11) is -4.76. The van der Waals surface area contributed by atoms with E-state index in [1.54, 1.807) is 0 Å². The number of carbonyl (C=O) groups is 3. The molecule has 0 spiro atoms. The topological polar surface area (TPSA) is 155 Å². The maximum absolute atomic E-state index is 12.9. The third kappa shape index (κ3) is 51.6. The van der Waals surface area contributed by atoms with Crippen LogP contribution in [0.15, 0.2) is 85.1 Å². The number of allylic oxidation sites excluding steroid dienone is 14. The van der Waals surface area contributed by atoms with Crippen LogP contribution in [0.3, 0.4) is 0 Å². The van der Waals surface area contributed by atoms with Crippen molar-refractivity contribution < 1.29 is 52.2 Å². The minimum atomic E-state index is -4.76. The van der Waals surface area contributed by atoms with E-state index in [1.807, 2.05) is 0 Å². The molecular formula is C60H103O11P. The number of phosphoric ester groups is 1. The van der Waals surface area contributed by atoms with Gasteiger partial charge in [-0.25, -0.2) is 4.57 Å². The lowest BCUT2D eigenvalue weighted by atomic mass is 10.1. The molecule has 2 N–H and O–H groups in total. The highest BCUT2D eigenvalue weighted by Crippen LogP contribution is 2.43. The van der Waals surface area contributed by atoms with E-state index in [2.05, 4.69) is 106 Å². The zero-order valence-electron chi connectivity index (χ0n) is 45.6. The summed E-state index contributed by atoms with van der Waals surface area (Å²) in [5.74, 6) is -1.53. The lowest BCUT2D eigenvalue weighted by Crippen LogP contribution is -2.30. The van der Waals surface area contributed by atoms with E-state index in [4.69, 9.17) is 23.3 Å². The molecule has 0 aromatic carbocycles. The highest BCUT2D eigenvalue weighted by Gasteiger charge is 2.28. The summed E-state index contributed by atoms with van der Waals surface area (Å²) in [5.41, 5.74) is 0. The molecule has 3 atom stereocenters. The van der Waals surface area contributed by atoms with Gasteiger partial charge >= 0.3 is 25.7 Å². The molecule has 0 aliphatic carbocycles. The van der Waals surface area contributed by atoms with Crippen LogP contribution in [0, 0.1) is 0 Å². The molecule has 72 heavy (non-hydrogen) atoms. The molecule has 0 saturated heterocycles.